The first-order chi connectivity index (χ1) is 15.8. The van der Waals surface area contributed by atoms with Crippen LogP contribution in [0, 0.1) is 13.8 Å². The Hall–Kier alpha value is -3.65. The fourth-order valence-corrected chi connectivity index (χ4v) is 3.88. The van der Waals surface area contributed by atoms with E-state index in [0.29, 0.717) is 45.3 Å². The van der Waals surface area contributed by atoms with Crippen LogP contribution in [0.1, 0.15) is 30.7 Å². The predicted molar refractivity (Wildman–Crippen MR) is 127 cm³/mol. The minimum atomic E-state index is -0.873. The van der Waals surface area contributed by atoms with Crippen molar-refractivity contribution in [1.82, 2.24) is 14.9 Å². The molecule has 0 saturated heterocycles. The number of carbonyl (C=O) groups is 1. The van der Waals surface area contributed by atoms with Crippen molar-refractivity contribution in [2.75, 3.05) is 12.4 Å². The quantitative estimate of drug-likeness (QED) is 0.433. The number of amides is 1. The van der Waals surface area contributed by atoms with E-state index in [9.17, 15) is 9.59 Å². The maximum atomic E-state index is 13.3. The molecule has 0 saturated carbocycles. The van der Waals surface area contributed by atoms with Gasteiger partial charge in [-0.3, -0.25) is 9.59 Å². The highest BCUT2D eigenvalue weighted by Gasteiger charge is 2.26. The predicted octanol–water partition coefficient (Wildman–Crippen LogP) is 4.92. The van der Waals surface area contributed by atoms with Gasteiger partial charge in [-0.15, -0.1) is 0 Å². The summed E-state index contributed by atoms with van der Waals surface area (Å²) in [4.78, 5) is 26.5. The second-order valence-electron chi connectivity index (χ2n) is 7.67. The van der Waals surface area contributed by atoms with E-state index < -0.39 is 11.6 Å². The van der Waals surface area contributed by atoms with E-state index in [-0.39, 0.29) is 11.4 Å². The standard InChI is InChI=1S/C24H23ClN4O4/c1-5-19(23(30)26-18-12-16(25)10-9-13(18)2)29-24(31)22-20(14(3)33-28-22)21(27-29)15-7-6-8-17(11-15)32-4/h6-12,19H,5H2,1-4H3,(H,26,30)/t19-/m1/s1. The SMILES string of the molecule is CC[C@H](C(=O)Nc1cc(Cl)ccc1C)n1nc(-c2cccc(OC)c2)c2c(C)onc2c1=O. The number of carbonyl (C=O) groups excluding carboxylic acids is 1. The monoisotopic (exact) mass is 466 g/mol. The van der Waals surface area contributed by atoms with Crippen molar-refractivity contribution >= 4 is 34.1 Å². The summed E-state index contributed by atoms with van der Waals surface area (Å²) in [5.41, 5.74) is 2.23. The van der Waals surface area contributed by atoms with Crippen molar-refractivity contribution < 1.29 is 14.1 Å². The van der Waals surface area contributed by atoms with Crippen molar-refractivity contribution in [3.63, 3.8) is 0 Å². The van der Waals surface area contributed by atoms with Gasteiger partial charge in [0.2, 0.25) is 5.91 Å². The van der Waals surface area contributed by atoms with Gasteiger partial charge in [0.05, 0.1) is 12.5 Å². The van der Waals surface area contributed by atoms with Crippen molar-refractivity contribution in [1.29, 1.82) is 0 Å². The first kappa shape index (κ1) is 22.5. The zero-order valence-corrected chi connectivity index (χ0v) is 19.4. The number of aromatic nitrogens is 3. The summed E-state index contributed by atoms with van der Waals surface area (Å²) in [5.74, 6) is 0.718. The van der Waals surface area contributed by atoms with Gasteiger partial charge in [0.25, 0.3) is 5.56 Å². The van der Waals surface area contributed by atoms with Gasteiger partial charge in [0.1, 0.15) is 23.2 Å². The molecule has 0 radical (unpaired) electrons. The summed E-state index contributed by atoms with van der Waals surface area (Å²) >= 11 is 6.09. The molecule has 0 aliphatic rings. The molecule has 170 valence electrons. The summed E-state index contributed by atoms with van der Waals surface area (Å²) in [6, 6.07) is 11.6. The minimum Gasteiger partial charge on any atom is -0.497 e. The number of rotatable bonds is 6. The molecule has 4 rings (SSSR count). The molecule has 33 heavy (non-hydrogen) atoms. The highest BCUT2D eigenvalue weighted by molar-refractivity contribution is 6.31. The van der Waals surface area contributed by atoms with Crippen LogP contribution in [0.5, 0.6) is 5.75 Å². The molecular formula is C24H23ClN4O4. The molecule has 0 unspecified atom stereocenters. The van der Waals surface area contributed by atoms with Gasteiger partial charge >= 0.3 is 0 Å². The van der Waals surface area contributed by atoms with Crippen LogP contribution >= 0.6 is 11.6 Å². The topological polar surface area (TPSA) is 99.2 Å². The molecule has 2 aromatic heterocycles. The number of nitrogens with one attached hydrogen (secondary N) is 1. The van der Waals surface area contributed by atoms with Gasteiger partial charge in [-0.2, -0.15) is 5.10 Å². The number of methoxy groups -OCH3 is 1. The van der Waals surface area contributed by atoms with Crippen molar-refractivity contribution in [2.45, 2.75) is 33.2 Å². The van der Waals surface area contributed by atoms with Gasteiger partial charge in [0, 0.05) is 16.3 Å². The molecule has 4 aromatic rings. The number of hydrogen-bond donors (Lipinski definition) is 1. The summed E-state index contributed by atoms with van der Waals surface area (Å²) in [5, 5.41) is 12.5. The molecule has 1 amide bonds. The third kappa shape index (κ3) is 4.21. The fraction of sp³-hybridized carbons (Fsp3) is 0.250. The smallest absolute Gasteiger partial charge is 0.297 e. The maximum absolute atomic E-state index is 13.3. The first-order valence-electron chi connectivity index (χ1n) is 10.4. The first-order valence-corrected chi connectivity index (χ1v) is 10.8. The van der Waals surface area contributed by atoms with Crippen LogP contribution in [0.25, 0.3) is 22.2 Å². The number of hydrogen-bond acceptors (Lipinski definition) is 6. The Bertz CT molecular complexity index is 1410. The van der Waals surface area contributed by atoms with Crippen LogP contribution in [-0.2, 0) is 4.79 Å². The second kappa shape index (κ2) is 9.07. The number of ether oxygens (including phenoxy) is 1. The minimum absolute atomic E-state index is 0.116. The molecule has 1 N–H and O–H groups in total. The lowest BCUT2D eigenvalue weighted by atomic mass is 10.1. The van der Waals surface area contributed by atoms with E-state index >= 15 is 0 Å². The number of nitrogens with zero attached hydrogens (tertiary/aromatic N) is 3. The van der Waals surface area contributed by atoms with Crippen LogP contribution in [0.4, 0.5) is 5.69 Å². The zero-order chi connectivity index (χ0) is 23.7. The Kier molecular flexibility index (Phi) is 6.20. The lowest BCUT2D eigenvalue weighted by Gasteiger charge is -2.19. The van der Waals surface area contributed by atoms with Crippen LogP contribution in [-0.4, -0.2) is 28.0 Å². The summed E-state index contributed by atoms with van der Waals surface area (Å²) < 4.78 is 11.8. The van der Waals surface area contributed by atoms with Gasteiger partial charge in [-0.05, 0) is 50.1 Å². The Morgan fingerprint density at radius 3 is 2.76 bits per heavy atom. The van der Waals surface area contributed by atoms with Crippen LogP contribution in [0.15, 0.2) is 51.8 Å². The van der Waals surface area contributed by atoms with Gasteiger partial charge in [-0.1, -0.05) is 41.9 Å². The van der Waals surface area contributed by atoms with Gasteiger partial charge in [0.15, 0.2) is 5.52 Å². The Labute approximate surface area is 195 Å². The third-order valence-electron chi connectivity index (χ3n) is 5.50. The van der Waals surface area contributed by atoms with Crippen molar-refractivity contribution in [3.05, 3.63) is 69.2 Å². The summed E-state index contributed by atoms with van der Waals surface area (Å²) in [7, 11) is 1.57. The van der Waals surface area contributed by atoms with Gasteiger partial charge < -0.3 is 14.6 Å². The Balaban J connectivity index is 1.85. The molecule has 0 spiro atoms. The zero-order valence-electron chi connectivity index (χ0n) is 18.7. The molecule has 8 nitrogen and oxygen atoms in total. The second-order valence-corrected chi connectivity index (χ2v) is 8.10. The van der Waals surface area contributed by atoms with Crippen LogP contribution < -0.4 is 15.6 Å². The summed E-state index contributed by atoms with van der Waals surface area (Å²) in [6.45, 7) is 5.39. The molecule has 0 fully saturated rings. The number of anilines is 1. The van der Waals surface area contributed by atoms with Crippen molar-refractivity contribution in [3.8, 4) is 17.0 Å². The van der Waals surface area contributed by atoms with E-state index in [1.807, 2.05) is 38.1 Å². The van der Waals surface area contributed by atoms with Gasteiger partial charge in [-0.25, -0.2) is 4.68 Å². The van der Waals surface area contributed by atoms with Crippen molar-refractivity contribution in [2.24, 2.45) is 0 Å². The lowest BCUT2D eigenvalue weighted by Crippen LogP contribution is -2.35. The highest BCUT2D eigenvalue weighted by Crippen LogP contribution is 2.30. The highest BCUT2D eigenvalue weighted by atomic mass is 35.5. The van der Waals surface area contributed by atoms with E-state index in [1.54, 1.807) is 32.2 Å². The number of aryl methyl sites for hydroxylation is 2. The molecular weight excluding hydrogens is 444 g/mol. The Morgan fingerprint density at radius 1 is 1.24 bits per heavy atom. The lowest BCUT2D eigenvalue weighted by molar-refractivity contribution is -0.119. The number of halogens is 1. The average molecular weight is 467 g/mol. The molecule has 0 aliphatic carbocycles. The average Bonchev–Trinajstić information content (AvgIpc) is 3.20. The maximum Gasteiger partial charge on any atom is 0.297 e. The third-order valence-corrected chi connectivity index (χ3v) is 5.74. The molecule has 2 aromatic carbocycles. The molecule has 9 heteroatoms. The van der Waals surface area contributed by atoms with Crippen LogP contribution in [0.2, 0.25) is 5.02 Å². The van der Waals surface area contributed by atoms with E-state index in [1.165, 1.54) is 4.68 Å². The number of benzene rings is 2. The number of fused-ring (bicyclic) bond motifs is 1. The largest absolute Gasteiger partial charge is 0.497 e. The van der Waals surface area contributed by atoms with E-state index in [4.69, 9.17) is 20.9 Å². The summed E-state index contributed by atoms with van der Waals surface area (Å²) in [6.07, 6.45) is 0.332. The molecule has 1 atom stereocenters. The molecule has 2 heterocycles. The van der Waals surface area contributed by atoms with E-state index in [0.717, 1.165) is 5.56 Å². The molecule has 0 bridgehead atoms. The molecule has 0 aliphatic heterocycles. The van der Waals surface area contributed by atoms with E-state index in [2.05, 4.69) is 15.6 Å². The Morgan fingerprint density at radius 2 is 2.03 bits per heavy atom. The van der Waals surface area contributed by atoms with Crippen LogP contribution in [0.3, 0.4) is 0 Å². The normalized spacial score (nSPS) is 12.0. The fourth-order valence-electron chi connectivity index (χ4n) is 3.71.